The summed E-state index contributed by atoms with van der Waals surface area (Å²) in [4.78, 5) is 0. The second-order valence-electron chi connectivity index (χ2n) is 2.14. The summed E-state index contributed by atoms with van der Waals surface area (Å²) in [5.41, 5.74) is 0. The van der Waals surface area contributed by atoms with Gasteiger partial charge in [-0.1, -0.05) is 6.42 Å². The van der Waals surface area contributed by atoms with Gasteiger partial charge in [-0.25, -0.2) is 7.93 Å². The molecule has 1 aliphatic rings. The maximum atomic E-state index is 4.62. The molecule has 1 fully saturated rings. The summed E-state index contributed by atoms with van der Waals surface area (Å²) in [6.45, 7) is 2.29. The molecule has 1 saturated heterocycles. The third-order valence-corrected chi connectivity index (χ3v) is 2.30. The van der Waals surface area contributed by atoms with E-state index in [1.165, 1.54) is 31.5 Å². The molecule has 54 valence electrons. The van der Waals surface area contributed by atoms with Crippen LogP contribution in [0.3, 0.4) is 0 Å². The molecule has 0 aromatic rings. The van der Waals surface area contributed by atoms with Crippen LogP contribution in [0.15, 0.2) is 0 Å². The summed E-state index contributed by atoms with van der Waals surface area (Å²) in [6, 6.07) is 0. The Bertz CT molecular complexity index is 72.6. The monoisotopic (exact) mass is 165 g/mol. The van der Waals surface area contributed by atoms with E-state index in [4.69, 9.17) is 0 Å². The minimum absolute atomic E-state index is 1.14. The van der Waals surface area contributed by atoms with E-state index in [0.29, 0.717) is 0 Å². The molecular formula is C5H11NOS2. The van der Waals surface area contributed by atoms with E-state index in [-0.39, 0.29) is 0 Å². The molecule has 0 N–H and O–H groups in total. The smallest absolute Gasteiger partial charge is 0.0959 e. The molecular weight excluding hydrogens is 154 g/mol. The van der Waals surface area contributed by atoms with E-state index in [0.717, 1.165) is 13.1 Å². The highest BCUT2D eigenvalue weighted by Gasteiger charge is 2.09. The van der Waals surface area contributed by atoms with E-state index in [1.807, 2.05) is 0 Å². The van der Waals surface area contributed by atoms with Gasteiger partial charge in [-0.2, -0.15) is 0 Å². The summed E-state index contributed by atoms with van der Waals surface area (Å²) < 4.78 is 6.81. The van der Waals surface area contributed by atoms with Crippen LogP contribution in [0.4, 0.5) is 0 Å². The summed E-state index contributed by atoms with van der Waals surface area (Å²) in [7, 11) is 0. The molecule has 4 heteroatoms. The van der Waals surface area contributed by atoms with Gasteiger partial charge >= 0.3 is 0 Å². The van der Waals surface area contributed by atoms with Crippen molar-refractivity contribution < 1.29 is 3.63 Å². The molecule has 1 aliphatic heterocycles. The van der Waals surface area contributed by atoms with Gasteiger partial charge < -0.3 is 0 Å². The molecule has 0 amide bonds. The quantitative estimate of drug-likeness (QED) is 0.381. The summed E-state index contributed by atoms with van der Waals surface area (Å²) in [5.74, 6) is 0. The van der Waals surface area contributed by atoms with Crippen LogP contribution in [0.1, 0.15) is 19.3 Å². The molecule has 0 saturated carbocycles. The van der Waals surface area contributed by atoms with Crippen LogP contribution >= 0.6 is 25.1 Å². The second kappa shape index (κ2) is 4.44. The van der Waals surface area contributed by atoms with Gasteiger partial charge in [-0.05, 0) is 25.8 Å². The summed E-state index contributed by atoms with van der Waals surface area (Å²) >= 11 is 5.00. The SMILES string of the molecule is SOSN1CCCCC1. The summed E-state index contributed by atoms with van der Waals surface area (Å²) in [5, 5.41) is 0. The Morgan fingerprint density at radius 3 is 2.44 bits per heavy atom. The fourth-order valence-corrected chi connectivity index (χ4v) is 1.77. The predicted octanol–water partition coefficient (Wildman–Crippen LogP) is 1.90. The molecule has 0 unspecified atom stereocenters. The number of rotatable bonds is 2. The fraction of sp³-hybridized carbons (Fsp3) is 1.00. The van der Waals surface area contributed by atoms with Crippen LogP contribution < -0.4 is 0 Å². The molecule has 2 nitrogen and oxygen atoms in total. The highest BCUT2D eigenvalue weighted by molar-refractivity contribution is 7.99. The average molecular weight is 165 g/mol. The lowest BCUT2D eigenvalue weighted by atomic mass is 10.2. The zero-order chi connectivity index (χ0) is 6.53. The number of hydrogen-bond donors (Lipinski definition) is 1. The lowest BCUT2D eigenvalue weighted by Gasteiger charge is -2.22. The van der Waals surface area contributed by atoms with Gasteiger partial charge in [0.2, 0.25) is 0 Å². The highest BCUT2D eigenvalue weighted by Crippen LogP contribution is 2.19. The minimum atomic E-state index is 1.14. The van der Waals surface area contributed by atoms with Crippen LogP contribution in [0.25, 0.3) is 0 Å². The predicted molar refractivity (Wildman–Crippen MR) is 43.1 cm³/mol. The van der Waals surface area contributed by atoms with Crippen molar-refractivity contribution in [2.75, 3.05) is 13.1 Å². The molecule has 1 heterocycles. The van der Waals surface area contributed by atoms with Gasteiger partial charge in [0.1, 0.15) is 0 Å². The number of nitrogens with zero attached hydrogens (tertiary/aromatic N) is 1. The maximum absolute atomic E-state index is 4.62. The van der Waals surface area contributed by atoms with Crippen LogP contribution in [-0.4, -0.2) is 17.4 Å². The zero-order valence-electron chi connectivity index (χ0n) is 5.25. The Kier molecular flexibility index (Phi) is 3.81. The molecule has 0 spiro atoms. The first-order valence-corrected chi connectivity index (χ1v) is 4.23. The third kappa shape index (κ3) is 2.80. The van der Waals surface area contributed by atoms with E-state index in [9.17, 15) is 0 Å². The van der Waals surface area contributed by atoms with Gasteiger partial charge in [0.25, 0.3) is 0 Å². The van der Waals surface area contributed by atoms with Crippen molar-refractivity contribution in [1.29, 1.82) is 0 Å². The molecule has 1 rings (SSSR count). The van der Waals surface area contributed by atoms with Crippen molar-refractivity contribution in [2.24, 2.45) is 0 Å². The van der Waals surface area contributed by atoms with Gasteiger partial charge in [0.05, 0.1) is 12.2 Å². The van der Waals surface area contributed by atoms with E-state index >= 15 is 0 Å². The Hall–Kier alpha value is 0.620. The second-order valence-corrected chi connectivity index (χ2v) is 3.40. The number of piperidine rings is 1. The molecule has 0 bridgehead atoms. The van der Waals surface area contributed by atoms with Crippen LogP contribution in [0, 0.1) is 0 Å². The zero-order valence-corrected chi connectivity index (χ0v) is 6.96. The third-order valence-electron chi connectivity index (χ3n) is 1.45. The van der Waals surface area contributed by atoms with Gasteiger partial charge in [-0.15, -0.1) is 0 Å². The van der Waals surface area contributed by atoms with Crippen molar-refractivity contribution in [2.45, 2.75) is 19.3 Å². The van der Waals surface area contributed by atoms with Crippen LogP contribution in [0.5, 0.6) is 0 Å². The van der Waals surface area contributed by atoms with Crippen LogP contribution in [-0.2, 0) is 3.63 Å². The Morgan fingerprint density at radius 1 is 1.22 bits per heavy atom. The Balaban J connectivity index is 2.08. The summed E-state index contributed by atoms with van der Waals surface area (Å²) in [6.07, 6.45) is 3.96. The van der Waals surface area contributed by atoms with Crippen molar-refractivity contribution >= 4 is 25.1 Å². The largest absolute Gasteiger partial charge is 0.234 e. The highest BCUT2D eigenvalue weighted by atomic mass is 32.2. The fourth-order valence-electron chi connectivity index (χ4n) is 0.987. The lowest BCUT2D eigenvalue weighted by molar-refractivity contribution is 0.369. The maximum Gasteiger partial charge on any atom is 0.0959 e. The molecule has 9 heavy (non-hydrogen) atoms. The lowest BCUT2D eigenvalue weighted by Crippen LogP contribution is -2.22. The minimum Gasteiger partial charge on any atom is -0.234 e. The first-order chi connectivity index (χ1) is 4.43. The Morgan fingerprint density at radius 2 is 1.89 bits per heavy atom. The molecule has 0 aliphatic carbocycles. The van der Waals surface area contributed by atoms with Crippen molar-refractivity contribution in [3.63, 3.8) is 0 Å². The normalized spacial score (nSPS) is 22.3. The first-order valence-electron chi connectivity index (χ1n) is 3.16. The molecule has 0 aromatic carbocycles. The molecule has 0 atom stereocenters. The van der Waals surface area contributed by atoms with Crippen molar-refractivity contribution in [3.05, 3.63) is 0 Å². The standard InChI is InChI=1S/C5H11NOS2/c8-7-9-6-4-2-1-3-5-6/h8H,1-5H2. The van der Waals surface area contributed by atoms with E-state index in [2.05, 4.69) is 20.8 Å². The molecule has 0 radical (unpaired) electrons. The van der Waals surface area contributed by atoms with Crippen molar-refractivity contribution in [3.8, 4) is 0 Å². The van der Waals surface area contributed by atoms with E-state index < -0.39 is 0 Å². The van der Waals surface area contributed by atoms with Gasteiger partial charge in [0, 0.05) is 13.1 Å². The van der Waals surface area contributed by atoms with Gasteiger partial charge in [0.15, 0.2) is 0 Å². The van der Waals surface area contributed by atoms with Crippen molar-refractivity contribution in [1.82, 2.24) is 4.31 Å². The average Bonchev–Trinajstić information content (AvgIpc) is 1.91. The van der Waals surface area contributed by atoms with Crippen LogP contribution in [0.2, 0.25) is 0 Å². The topological polar surface area (TPSA) is 12.5 Å². The Labute approximate surface area is 65.9 Å². The number of thiol groups is 1. The van der Waals surface area contributed by atoms with E-state index in [1.54, 1.807) is 0 Å². The number of hydrogen-bond acceptors (Lipinski definition) is 4. The van der Waals surface area contributed by atoms with Gasteiger partial charge in [-0.3, -0.25) is 0 Å². The first kappa shape index (κ1) is 7.72. The molecule has 0 aromatic heterocycles.